The molecule has 0 saturated heterocycles. The van der Waals surface area contributed by atoms with E-state index in [4.69, 9.17) is 5.73 Å². The molecule has 0 amide bonds. The van der Waals surface area contributed by atoms with Crippen LogP contribution in [0.3, 0.4) is 0 Å². The van der Waals surface area contributed by atoms with Gasteiger partial charge in [0.2, 0.25) is 0 Å². The van der Waals surface area contributed by atoms with Crippen molar-refractivity contribution in [3.63, 3.8) is 0 Å². The van der Waals surface area contributed by atoms with Gasteiger partial charge in [0.1, 0.15) is 6.54 Å². The normalized spacial score (nSPS) is 13.7. The van der Waals surface area contributed by atoms with Crippen LogP contribution in [0.15, 0.2) is 22.7 Å². The molecule has 0 aliphatic heterocycles. The smallest absolute Gasteiger partial charge is 0.360 e. The fraction of sp³-hybridized carbons (Fsp3) is 0.538. The van der Waals surface area contributed by atoms with Crippen molar-refractivity contribution in [2.75, 3.05) is 11.4 Å². The van der Waals surface area contributed by atoms with Gasteiger partial charge in [-0.3, -0.25) is 0 Å². The van der Waals surface area contributed by atoms with Crippen LogP contribution in [0, 0.1) is 0 Å². The first kappa shape index (κ1) is 16.3. The van der Waals surface area contributed by atoms with Crippen molar-refractivity contribution < 1.29 is 13.2 Å². The minimum absolute atomic E-state index is 0.168. The zero-order valence-corrected chi connectivity index (χ0v) is 12.7. The molecular formula is C13H18BrF3N2. The maximum Gasteiger partial charge on any atom is 0.405 e. The van der Waals surface area contributed by atoms with Crippen LogP contribution in [0.25, 0.3) is 0 Å². The van der Waals surface area contributed by atoms with Crippen molar-refractivity contribution in [2.24, 2.45) is 5.73 Å². The lowest BCUT2D eigenvalue weighted by Crippen LogP contribution is -2.39. The summed E-state index contributed by atoms with van der Waals surface area (Å²) in [5.41, 5.74) is 7.18. The monoisotopic (exact) mass is 338 g/mol. The fourth-order valence-electron chi connectivity index (χ4n) is 1.83. The summed E-state index contributed by atoms with van der Waals surface area (Å²) in [5, 5.41) is 0. The van der Waals surface area contributed by atoms with Gasteiger partial charge in [-0.15, -0.1) is 0 Å². The van der Waals surface area contributed by atoms with E-state index < -0.39 is 12.7 Å². The maximum atomic E-state index is 12.6. The summed E-state index contributed by atoms with van der Waals surface area (Å²) in [5.74, 6) is 0. The number of halogens is 4. The first-order valence-electron chi connectivity index (χ1n) is 6.00. The third-order valence-corrected chi connectivity index (χ3v) is 3.47. The van der Waals surface area contributed by atoms with E-state index in [1.165, 1.54) is 4.90 Å². The van der Waals surface area contributed by atoms with E-state index in [0.29, 0.717) is 5.69 Å². The average molecular weight is 339 g/mol. The van der Waals surface area contributed by atoms with Gasteiger partial charge in [-0.2, -0.15) is 13.2 Å². The van der Waals surface area contributed by atoms with Gasteiger partial charge in [0, 0.05) is 22.2 Å². The Morgan fingerprint density at radius 1 is 1.26 bits per heavy atom. The van der Waals surface area contributed by atoms with Gasteiger partial charge in [-0.25, -0.2) is 0 Å². The highest BCUT2D eigenvalue weighted by Crippen LogP contribution is 2.30. The van der Waals surface area contributed by atoms with Crippen LogP contribution in [0.5, 0.6) is 0 Å². The van der Waals surface area contributed by atoms with Crippen molar-refractivity contribution >= 4 is 21.6 Å². The van der Waals surface area contributed by atoms with E-state index in [1.54, 1.807) is 32.0 Å². The molecule has 6 heteroatoms. The molecule has 0 aliphatic rings. The second-order valence-corrected chi connectivity index (χ2v) is 5.69. The molecule has 0 aliphatic carbocycles. The molecule has 1 aromatic rings. The second-order valence-electron chi connectivity index (χ2n) is 4.83. The molecule has 1 aromatic carbocycles. The summed E-state index contributed by atoms with van der Waals surface area (Å²) in [6.07, 6.45) is -4.23. The van der Waals surface area contributed by atoms with Crippen molar-refractivity contribution in [1.82, 2.24) is 0 Å². The molecule has 0 saturated carbocycles. The highest BCUT2D eigenvalue weighted by atomic mass is 79.9. The summed E-state index contributed by atoms with van der Waals surface area (Å²) in [6, 6.07) is 4.71. The number of hydrogen-bond donors (Lipinski definition) is 1. The largest absolute Gasteiger partial charge is 0.405 e. The van der Waals surface area contributed by atoms with Crippen LogP contribution in [0.1, 0.15) is 32.4 Å². The Hall–Kier alpha value is -0.750. The molecule has 2 N–H and O–H groups in total. The van der Waals surface area contributed by atoms with Gasteiger partial charge in [0.25, 0.3) is 0 Å². The molecule has 1 atom stereocenters. The van der Waals surface area contributed by atoms with Crippen LogP contribution in [-0.2, 0) is 0 Å². The van der Waals surface area contributed by atoms with E-state index in [2.05, 4.69) is 15.9 Å². The van der Waals surface area contributed by atoms with Gasteiger partial charge >= 0.3 is 6.18 Å². The van der Waals surface area contributed by atoms with E-state index in [-0.39, 0.29) is 12.1 Å². The van der Waals surface area contributed by atoms with Crippen molar-refractivity contribution in [1.29, 1.82) is 0 Å². The lowest BCUT2D eigenvalue weighted by Gasteiger charge is -2.30. The molecule has 0 bridgehead atoms. The van der Waals surface area contributed by atoms with Crippen LogP contribution < -0.4 is 10.6 Å². The van der Waals surface area contributed by atoms with Gasteiger partial charge in [0.15, 0.2) is 0 Å². The second kappa shape index (κ2) is 6.13. The quantitative estimate of drug-likeness (QED) is 0.889. The minimum Gasteiger partial charge on any atom is -0.360 e. The molecule has 0 aromatic heterocycles. The predicted octanol–water partition coefficient (Wildman–Crippen LogP) is 4.25. The van der Waals surface area contributed by atoms with E-state index in [1.807, 2.05) is 6.92 Å². The maximum absolute atomic E-state index is 12.6. The highest BCUT2D eigenvalue weighted by Gasteiger charge is 2.32. The summed E-state index contributed by atoms with van der Waals surface area (Å²) < 4.78 is 38.5. The lowest BCUT2D eigenvalue weighted by molar-refractivity contribution is -0.120. The molecule has 1 rings (SSSR count). The SMILES string of the molecule is CC(C)N(CC(F)(F)F)c1ccc([C@@H](C)N)c(Br)c1. The Balaban J connectivity index is 3.08. The third-order valence-electron chi connectivity index (χ3n) is 2.78. The molecule has 0 radical (unpaired) electrons. The molecule has 0 spiro atoms. The van der Waals surface area contributed by atoms with Gasteiger partial charge in [-0.05, 0) is 38.5 Å². The van der Waals surface area contributed by atoms with E-state index in [0.717, 1.165) is 10.0 Å². The molecular weight excluding hydrogens is 321 g/mol. The van der Waals surface area contributed by atoms with Gasteiger partial charge in [0.05, 0.1) is 0 Å². The fourth-order valence-corrected chi connectivity index (χ4v) is 2.56. The number of nitrogens with two attached hydrogens (primary N) is 1. The van der Waals surface area contributed by atoms with Crippen molar-refractivity contribution in [3.8, 4) is 0 Å². The number of rotatable bonds is 4. The highest BCUT2D eigenvalue weighted by molar-refractivity contribution is 9.10. The Kier molecular flexibility index (Phi) is 5.26. The standard InChI is InChI=1S/C13H18BrF3N2/c1-8(2)19(7-13(15,16)17)10-4-5-11(9(3)18)12(14)6-10/h4-6,8-9H,7,18H2,1-3H3/t9-/m1/s1. The molecule has 19 heavy (non-hydrogen) atoms. The summed E-state index contributed by atoms with van der Waals surface area (Å²) in [4.78, 5) is 1.32. The zero-order valence-electron chi connectivity index (χ0n) is 11.1. The Morgan fingerprint density at radius 3 is 2.21 bits per heavy atom. The number of hydrogen-bond acceptors (Lipinski definition) is 2. The molecule has 0 heterocycles. The number of anilines is 1. The first-order valence-corrected chi connectivity index (χ1v) is 6.79. The number of nitrogens with zero attached hydrogens (tertiary/aromatic N) is 1. The van der Waals surface area contributed by atoms with Crippen LogP contribution in [-0.4, -0.2) is 18.8 Å². The Labute approximate surface area is 119 Å². The molecule has 0 unspecified atom stereocenters. The lowest BCUT2D eigenvalue weighted by atomic mass is 10.1. The molecule has 108 valence electrons. The van der Waals surface area contributed by atoms with Crippen LogP contribution in [0.2, 0.25) is 0 Å². The zero-order chi connectivity index (χ0) is 14.8. The number of benzene rings is 1. The van der Waals surface area contributed by atoms with E-state index >= 15 is 0 Å². The summed E-state index contributed by atoms with van der Waals surface area (Å²) in [6.45, 7) is 4.34. The third kappa shape index (κ3) is 4.69. The Morgan fingerprint density at radius 2 is 1.84 bits per heavy atom. The van der Waals surface area contributed by atoms with Crippen LogP contribution >= 0.6 is 15.9 Å². The van der Waals surface area contributed by atoms with E-state index in [9.17, 15) is 13.2 Å². The van der Waals surface area contributed by atoms with Gasteiger partial charge < -0.3 is 10.6 Å². The molecule has 2 nitrogen and oxygen atoms in total. The average Bonchev–Trinajstić information content (AvgIpc) is 2.23. The number of alkyl halides is 3. The van der Waals surface area contributed by atoms with Crippen molar-refractivity contribution in [3.05, 3.63) is 28.2 Å². The predicted molar refractivity (Wildman–Crippen MR) is 75.3 cm³/mol. The molecule has 0 fully saturated rings. The van der Waals surface area contributed by atoms with Crippen molar-refractivity contribution in [2.45, 2.75) is 39.0 Å². The minimum atomic E-state index is -4.23. The topological polar surface area (TPSA) is 29.3 Å². The van der Waals surface area contributed by atoms with Crippen LogP contribution in [0.4, 0.5) is 18.9 Å². The van der Waals surface area contributed by atoms with Gasteiger partial charge in [-0.1, -0.05) is 22.0 Å². The Bertz CT molecular complexity index is 430. The first-order chi connectivity index (χ1) is 8.61. The summed E-state index contributed by atoms with van der Waals surface area (Å²) >= 11 is 3.36. The summed E-state index contributed by atoms with van der Waals surface area (Å²) in [7, 11) is 0.